The molecule has 0 aliphatic heterocycles. The normalized spacial score (nSPS) is 18.5. The fourth-order valence-corrected chi connectivity index (χ4v) is 2.01. The molecule has 0 spiro atoms. The van der Waals surface area contributed by atoms with Crippen LogP contribution in [0.25, 0.3) is 0 Å². The summed E-state index contributed by atoms with van der Waals surface area (Å²) in [7, 11) is 0. The maximum Gasteiger partial charge on any atom is 0.407 e. The molecular weight excluding hydrogens is 227 g/mol. The third-order valence-corrected chi connectivity index (χ3v) is 2.87. The van der Waals surface area contributed by atoms with Gasteiger partial charge in [0, 0.05) is 6.04 Å². The van der Waals surface area contributed by atoms with Crippen molar-refractivity contribution in [2.24, 2.45) is 0 Å². The van der Waals surface area contributed by atoms with E-state index in [4.69, 9.17) is 0 Å². The minimum atomic E-state index is -4.26. The minimum Gasteiger partial charge on any atom is -0.299 e. The lowest BCUT2D eigenvalue weighted by Crippen LogP contribution is -2.39. The average molecular weight is 241 g/mol. The molecule has 0 bridgehead atoms. The van der Waals surface area contributed by atoms with Crippen molar-refractivity contribution in [2.45, 2.75) is 31.1 Å². The van der Waals surface area contributed by atoms with E-state index < -0.39 is 12.2 Å². The number of benzene rings is 1. The van der Waals surface area contributed by atoms with E-state index in [2.05, 4.69) is 5.32 Å². The second kappa shape index (κ2) is 4.92. The molecule has 0 aromatic heterocycles. The van der Waals surface area contributed by atoms with Crippen molar-refractivity contribution >= 4 is 0 Å². The summed E-state index contributed by atoms with van der Waals surface area (Å²) in [4.78, 5) is 0. The van der Waals surface area contributed by atoms with Crippen LogP contribution in [0.1, 0.15) is 24.4 Å². The van der Waals surface area contributed by atoms with Crippen molar-refractivity contribution < 1.29 is 13.2 Å². The van der Waals surface area contributed by atoms with E-state index in [-0.39, 0.29) is 11.6 Å². The van der Waals surface area contributed by atoms with E-state index in [1.807, 2.05) is 12.2 Å². The zero-order chi connectivity index (χ0) is 12.3. The van der Waals surface area contributed by atoms with Gasteiger partial charge in [0.1, 0.15) is 6.04 Å². The molecule has 92 valence electrons. The van der Waals surface area contributed by atoms with Gasteiger partial charge in [0.05, 0.1) is 0 Å². The fourth-order valence-electron chi connectivity index (χ4n) is 2.01. The zero-order valence-electron chi connectivity index (χ0n) is 9.24. The second-order valence-corrected chi connectivity index (χ2v) is 4.19. The van der Waals surface area contributed by atoms with E-state index in [1.165, 1.54) is 12.1 Å². The van der Waals surface area contributed by atoms with Gasteiger partial charge in [0.2, 0.25) is 0 Å². The van der Waals surface area contributed by atoms with Crippen LogP contribution >= 0.6 is 0 Å². The molecular formula is C13H14F3N. The maximum absolute atomic E-state index is 13.0. The Hall–Kier alpha value is -1.29. The number of halogens is 3. The van der Waals surface area contributed by atoms with Crippen molar-refractivity contribution in [3.63, 3.8) is 0 Å². The van der Waals surface area contributed by atoms with Gasteiger partial charge in [0.25, 0.3) is 0 Å². The largest absolute Gasteiger partial charge is 0.407 e. The number of hydrogen-bond acceptors (Lipinski definition) is 1. The summed E-state index contributed by atoms with van der Waals surface area (Å²) in [6, 6.07) is 6.30. The van der Waals surface area contributed by atoms with E-state index in [1.54, 1.807) is 18.2 Å². The van der Waals surface area contributed by atoms with Crippen molar-refractivity contribution in [2.75, 3.05) is 0 Å². The highest BCUT2D eigenvalue weighted by molar-refractivity contribution is 5.21. The van der Waals surface area contributed by atoms with Crippen LogP contribution in [0.3, 0.4) is 0 Å². The molecule has 0 saturated carbocycles. The van der Waals surface area contributed by atoms with Gasteiger partial charge in [-0.2, -0.15) is 13.2 Å². The standard InChI is InChI=1S/C13H14F3N/c14-13(15,16)12(10-6-2-1-3-7-10)17-11-8-4-5-9-11/h1-7,11-12,17H,8-9H2. The molecule has 1 N–H and O–H groups in total. The molecule has 1 atom stereocenters. The number of alkyl halides is 3. The predicted octanol–water partition coefficient (Wildman–Crippen LogP) is 3.60. The van der Waals surface area contributed by atoms with Crippen molar-refractivity contribution in [3.05, 3.63) is 48.0 Å². The van der Waals surface area contributed by atoms with Gasteiger partial charge in [0.15, 0.2) is 0 Å². The Balaban J connectivity index is 2.14. The first-order valence-corrected chi connectivity index (χ1v) is 5.60. The van der Waals surface area contributed by atoms with Crippen LogP contribution in [0.15, 0.2) is 42.5 Å². The quantitative estimate of drug-likeness (QED) is 0.797. The molecule has 0 heterocycles. The molecule has 0 saturated heterocycles. The summed E-state index contributed by atoms with van der Waals surface area (Å²) >= 11 is 0. The Morgan fingerprint density at radius 3 is 2.18 bits per heavy atom. The third-order valence-electron chi connectivity index (χ3n) is 2.87. The molecule has 0 radical (unpaired) electrons. The van der Waals surface area contributed by atoms with Crippen LogP contribution in [-0.2, 0) is 0 Å². The van der Waals surface area contributed by atoms with Crippen LogP contribution in [0.4, 0.5) is 13.2 Å². The van der Waals surface area contributed by atoms with E-state index in [9.17, 15) is 13.2 Å². The topological polar surface area (TPSA) is 12.0 Å². The highest BCUT2D eigenvalue weighted by atomic mass is 19.4. The molecule has 0 fully saturated rings. The lowest BCUT2D eigenvalue weighted by atomic mass is 10.0. The Morgan fingerprint density at radius 2 is 1.65 bits per heavy atom. The lowest BCUT2D eigenvalue weighted by Gasteiger charge is -2.25. The molecule has 1 unspecified atom stereocenters. The third kappa shape index (κ3) is 3.09. The first kappa shape index (κ1) is 12.2. The van der Waals surface area contributed by atoms with Crippen molar-refractivity contribution in [1.29, 1.82) is 0 Å². The highest BCUT2D eigenvalue weighted by Gasteiger charge is 2.41. The summed E-state index contributed by atoms with van der Waals surface area (Å²) < 4.78 is 38.9. The summed E-state index contributed by atoms with van der Waals surface area (Å²) in [6.45, 7) is 0. The van der Waals surface area contributed by atoms with Crippen LogP contribution in [0.5, 0.6) is 0 Å². The van der Waals surface area contributed by atoms with Gasteiger partial charge in [-0.1, -0.05) is 42.5 Å². The first-order valence-electron chi connectivity index (χ1n) is 5.60. The summed E-state index contributed by atoms with van der Waals surface area (Å²) in [6.07, 6.45) is 0.898. The molecule has 1 aromatic carbocycles. The van der Waals surface area contributed by atoms with Gasteiger partial charge in [-0.3, -0.25) is 5.32 Å². The Kier molecular flexibility index (Phi) is 3.52. The smallest absolute Gasteiger partial charge is 0.299 e. The van der Waals surface area contributed by atoms with Crippen LogP contribution < -0.4 is 5.32 Å². The molecule has 4 heteroatoms. The van der Waals surface area contributed by atoms with Gasteiger partial charge < -0.3 is 0 Å². The monoisotopic (exact) mass is 241 g/mol. The molecule has 17 heavy (non-hydrogen) atoms. The van der Waals surface area contributed by atoms with Crippen molar-refractivity contribution in [1.82, 2.24) is 5.32 Å². The number of hydrogen-bond donors (Lipinski definition) is 1. The minimum absolute atomic E-state index is 0.109. The molecule has 1 aliphatic carbocycles. The summed E-state index contributed by atoms with van der Waals surface area (Å²) in [5, 5.41) is 2.68. The van der Waals surface area contributed by atoms with E-state index in [0.717, 1.165) is 0 Å². The highest BCUT2D eigenvalue weighted by Crippen LogP contribution is 2.33. The Bertz CT molecular complexity index is 375. The maximum atomic E-state index is 13.0. The molecule has 0 amide bonds. The Morgan fingerprint density at radius 1 is 1.06 bits per heavy atom. The average Bonchev–Trinajstić information content (AvgIpc) is 2.78. The zero-order valence-corrected chi connectivity index (χ0v) is 9.24. The lowest BCUT2D eigenvalue weighted by molar-refractivity contribution is -0.159. The number of rotatable bonds is 3. The fraction of sp³-hybridized carbons (Fsp3) is 0.385. The van der Waals surface area contributed by atoms with Gasteiger partial charge in [-0.15, -0.1) is 0 Å². The molecule has 2 rings (SSSR count). The molecule has 1 aliphatic rings. The van der Waals surface area contributed by atoms with Crippen molar-refractivity contribution in [3.8, 4) is 0 Å². The second-order valence-electron chi connectivity index (χ2n) is 4.19. The summed E-state index contributed by atoms with van der Waals surface area (Å²) in [5.41, 5.74) is 0.270. The van der Waals surface area contributed by atoms with Gasteiger partial charge in [-0.25, -0.2) is 0 Å². The van der Waals surface area contributed by atoms with Crippen LogP contribution in [-0.4, -0.2) is 12.2 Å². The van der Waals surface area contributed by atoms with Crippen LogP contribution in [0, 0.1) is 0 Å². The summed E-state index contributed by atoms with van der Waals surface area (Å²) in [5.74, 6) is 0. The predicted molar refractivity (Wildman–Crippen MR) is 60.5 cm³/mol. The van der Waals surface area contributed by atoms with Gasteiger partial charge in [-0.05, 0) is 18.4 Å². The van der Waals surface area contributed by atoms with E-state index in [0.29, 0.717) is 12.8 Å². The Labute approximate surface area is 98.3 Å². The first-order chi connectivity index (χ1) is 8.07. The van der Waals surface area contributed by atoms with E-state index >= 15 is 0 Å². The number of nitrogens with one attached hydrogen (secondary N) is 1. The molecule has 1 aromatic rings. The van der Waals surface area contributed by atoms with Gasteiger partial charge >= 0.3 is 6.18 Å². The van der Waals surface area contributed by atoms with Crippen LogP contribution in [0.2, 0.25) is 0 Å². The molecule has 1 nitrogen and oxygen atoms in total. The SMILES string of the molecule is FC(F)(F)C(NC1CC=CC1)c1ccccc1.